The van der Waals surface area contributed by atoms with Crippen molar-refractivity contribution < 1.29 is 9.32 Å². The highest BCUT2D eigenvalue weighted by Gasteiger charge is 2.23. The molecule has 0 bridgehead atoms. The van der Waals surface area contributed by atoms with Crippen LogP contribution in [-0.4, -0.2) is 16.0 Å². The molecule has 5 nitrogen and oxygen atoms in total. The Hall–Kier alpha value is -2.47. The van der Waals surface area contributed by atoms with Gasteiger partial charge in [-0.05, 0) is 53.8 Å². The average Bonchev–Trinajstić information content (AvgIpc) is 3.42. The highest BCUT2D eigenvalue weighted by molar-refractivity contribution is 7.10. The van der Waals surface area contributed by atoms with E-state index in [0.717, 1.165) is 23.3 Å². The molecule has 0 saturated heterocycles. The normalized spacial score (nSPS) is 14.9. The van der Waals surface area contributed by atoms with Crippen molar-refractivity contribution in [3.63, 3.8) is 0 Å². The molecule has 4 rings (SSSR count). The summed E-state index contributed by atoms with van der Waals surface area (Å²) >= 11 is 1.67. The van der Waals surface area contributed by atoms with Gasteiger partial charge in [-0.25, -0.2) is 0 Å². The number of hydrogen-bond acceptors (Lipinski definition) is 5. The average molecular weight is 424 g/mol. The van der Waals surface area contributed by atoms with Crippen LogP contribution in [0.3, 0.4) is 0 Å². The van der Waals surface area contributed by atoms with Crippen molar-refractivity contribution >= 4 is 17.2 Å². The van der Waals surface area contributed by atoms with E-state index >= 15 is 0 Å². The Morgan fingerprint density at radius 2 is 2.00 bits per heavy atom. The molecule has 1 aliphatic rings. The van der Waals surface area contributed by atoms with Gasteiger partial charge in [0.15, 0.2) is 5.82 Å². The quantitative estimate of drug-likeness (QED) is 0.596. The van der Waals surface area contributed by atoms with E-state index in [9.17, 15) is 4.79 Å². The first-order chi connectivity index (χ1) is 14.4. The summed E-state index contributed by atoms with van der Waals surface area (Å²) in [7, 11) is 0. The first kappa shape index (κ1) is 20.8. The Morgan fingerprint density at radius 1 is 1.20 bits per heavy atom. The topological polar surface area (TPSA) is 68.0 Å². The molecule has 1 amide bonds. The zero-order chi connectivity index (χ0) is 21.1. The second-order valence-electron chi connectivity index (χ2n) is 9.01. The highest BCUT2D eigenvalue weighted by Crippen LogP contribution is 2.30. The molecule has 2 aromatic heterocycles. The molecule has 1 aliphatic carbocycles. The number of aryl methyl sites for hydroxylation is 3. The van der Waals surface area contributed by atoms with E-state index in [1.165, 1.54) is 24.0 Å². The van der Waals surface area contributed by atoms with Crippen LogP contribution in [0.1, 0.15) is 79.4 Å². The number of carbonyl (C=O) groups is 1. The van der Waals surface area contributed by atoms with Crippen LogP contribution in [-0.2, 0) is 29.5 Å². The number of benzene rings is 1. The highest BCUT2D eigenvalue weighted by atomic mass is 32.1. The Labute approximate surface area is 181 Å². The van der Waals surface area contributed by atoms with E-state index in [0.29, 0.717) is 24.6 Å². The van der Waals surface area contributed by atoms with E-state index in [1.807, 2.05) is 26.8 Å². The number of nitrogens with zero attached hydrogens (tertiary/aromatic N) is 2. The first-order valence-corrected chi connectivity index (χ1v) is 11.6. The maximum Gasteiger partial charge on any atom is 0.227 e. The van der Waals surface area contributed by atoms with Crippen molar-refractivity contribution in [1.29, 1.82) is 0 Å². The monoisotopic (exact) mass is 423 g/mol. The van der Waals surface area contributed by atoms with Gasteiger partial charge in [-0.1, -0.05) is 50.2 Å². The fourth-order valence-corrected chi connectivity index (χ4v) is 4.62. The van der Waals surface area contributed by atoms with Crippen LogP contribution in [0.4, 0.5) is 0 Å². The number of aromatic nitrogens is 2. The molecule has 1 N–H and O–H groups in total. The fourth-order valence-electron chi connectivity index (χ4n) is 3.82. The van der Waals surface area contributed by atoms with Crippen molar-refractivity contribution in [3.8, 4) is 0 Å². The van der Waals surface area contributed by atoms with Gasteiger partial charge in [0.2, 0.25) is 11.8 Å². The molecule has 30 heavy (non-hydrogen) atoms. The standard InChI is InChI=1S/C24H29N3O2S/c1-24(2,3)23-26-21(29-27-23)13-12-20(28)25-22(19-9-6-14-30-19)18-11-10-16-7-4-5-8-17(16)15-18/h6,9-11,14-15,22H,4-5,7-8,12-13H2,1-3H3,(H,25,28). The van der Waals surface area contributed by atoms with Crippen LogP contribution < -0.4 is 5.32 Å². The van der Waals surface area contributed by atoms with Crippen molar-refractivity contribution in [2.45, 2.75) is 70.8 Å². The Balaban J connectivity index is 1.46. The Morgan fingerprint density at radius 3 is 2.70 bits per heavy atom. The summed E-state index contributed by atoms with van der Waals surface area (Å²) in [6.45, 7) is 6.12. The van der Waals surface area contributed by atoms with Crippen LogP contribution >= 0.6 is 11.3 Å². The summed E-state index contributed by atoms with van der Waals surface area (Å²) in [6.07, 6.45) is 5.56. The maximum absolute atomic E-state index is 12.8. The lowest BCUT2D eigenvalue weighted by Gasteiger charge is -2.22. The molecule has 2 heterocycles. The molecule has 6 heteroatoms. The Kier molecular flexibility index (Phi) is 6.04. The zero-order valence-electron chi connectivity index (χ0n) is 17.9. The lowest BCUT2D eigenvalue weighted by molar-refractivity contribution is -0.121. The summed E-state index contributed by atoms with van der Waals surface area (Å²) in [4.78, 5) is 18.4. The van der Waals surface area contributed by atoms with Gasteiger partial charge in [0.1, 0.15) is 0 Å². The molecule has 0 spiro atoms. The van der Waals surface area contributed by atoms with Gasteiger partial charge >= 0.3 is 0 Å². The van der Waals surface area contributed by atoms with Crippen LogP contribution in [0.25, 0.3) is 0 Å². The molecular formula is C24H29N3O2S. The number of nitrogens with one attached hydrogen (secondary N) is 1. The lowest BCUT2D eigenvalue weighted by Crippen LogP contribution is -2.29. The molecule has 3 aromatic rings. The first-order valence-electron chi connectivity index (χ1n) is 10.7. The molecule has 0 aliphatic heterocycles. The third-order valence-electron chi connectivity index (χ3n) is 5.54. The number of fused-ring (bicyclic) bond motifs is 1. The lowest BCUT2D eigenvalue weighted by atomic mass is 9.89. The molecule has 0 radical (unpaired) electrons. The number of carbonyl (C=O) groups excluding carboxylic acids is 1. The van der Waals surface area contributed by atoms with Crippen molar-refractivity contribution in [1.82, 2.24) is 15.5 Å². The molecule has 1 atom stereocenters. The summed E-state index contributed by atoms with van der Waals surface area (Å²) in [5, 5.41) is 9.33. The van der Waals surface area contributed by atoms with E-state index in [2.05, 4.69) is 45.1 Å². The van der Waals surface area contributed by atoms with Gasteiger partial charge in [0.25, 0.3) is 0 Å². The smallest absolute Gasteiger partial charge is 0.227 e. The molecular weight excluding hydrogens is 394 g/mol. The molecule has 0 fully saturated rings. The molecule has 1 aromatic carbocycles. The van der Waals surface area contributed by atoms with Gasteiger partial charge in [0.05, 0.1) is 6.04 Å². The SMILES string of the molecule is CC(C)(C)c1noc(CCC(=O)NC(c2ccc3c(c2)CCCC3)c2cccs2)n1. The van der Waals surface area contributed by atoms with Gasteiger partial charge in [-0.3, -0.25) is 4.79 Å². The van der Waals surface area contributed by atoms with Crippen molar-refractivity contribution in [2.24, 2.45) is 0 Å². The van der Waals surface area contributed by atoms with Gasteiger partial charge in [0, 0.05) is 23.1 Å². The summed E-state index contributed by atoms with van der Waals surface area (Å²) < 4.78 is 5.33. The third kappa shape index (κ3) is 4.81. The minimum atomic E-state index is -0.166. The molecule has 1 unspecified atom stereocenters. The third-order valence-corrected chi connectivity index (χ3v) is 6.48. The second kappa shape index (κ2) is 8.72. The van der Waals surface area contributed by atoms with Crippen LogP contribution in [0, 0.1) is 0 Å². The van der Waals surface area contributed by atoms with E-state index < -0.39 is 0 Å². The van der Waals surface area contributed by atoms with Gasteiger partial charge in [-0.2, -0.15) is 4.98 Å². The van der Waals surface area contributed by atoms with Crippen molar-refractivity contribution in [2.75, 3.05) is 0 Å². The van der Waals surface area contributed by atoms with Crippen LogP contribution in [0.5, 0.6) is 0 Å². The number of amides is 1. The van der Waals surface area contributed by atoms with E-state index in [-0.39, 0.29) is 17.4 Å². The molecule has 0 saturated carbocycles. The summed E-state index contributed by atoms with van der Waals surface area (Å²) in [5.74, 6) is 1.17. The minimum Gasteiger partial charge on any atom is -0.344 e. The largest absolute Gasteiger partial charge is 0.344 e. The van der Waals surface area contributed by atoms with E-state index in [4.69, 9.17) is 4.52 Å². The Bertz CT molecular complexity index is 1000. The zero-order valence-corrected chi connectivity index (χ0v) is 18.7. The van der Waals surface area contributed by atoms with E-state index in [1.54, 1.807) is 11.3 Å². The van der Waals surface area contributed by atoms with Gasteiger partial charge < -0.3 is 9.84 Å². The van der Waals surface area contributed by atoms with Crippen LogP contribution in [0.15, 0.2) is 40.2 Å². The summed E-state index contributed by atoms with van der Waals surface area (Å²) in [6, 6.07) is 10.7. The summed E-state index contributed by atoms with van der Waals surface area (Å²) in [5.41, 5.74) is 3.86. The maximum atomic E-state index is 12.8. The molecule has 158 valence electrons. The minimum absolute atomic E-state index is 0.0124. The number of rotatable bonds is 6. The second-order valence-corrected chi connectivity index (χ2v) is 9.99. The van der Waals surface area contributed by atoms with Crippen molar-refractivity contribution in [3.05, 3.63) is 69.0 Å². The number of hydrogen-bond donors (Lipinski definition) is 1. The number of thiophene rings is 1. The van der Waals surface area contributed by atoms with Crippen LogP contribution in [0.2, 0.25) is 0 Å². The fraction of sp³-hybridized carbons (Fsp3) is 0.458. The predicted octanol–water partition coefficient (Wildman–Crippen LogP) is 5.15. The predicted molar refractivity (Wildman–Crippen MR) is 119 cm³/mol. The van der Waals surface area contributed by atoms with Gasteiger partial charge in [-0.15, -0.1) is 11.3 Å².